The summed E-state index contributed by atoms with van der Waals surface area (Å²) in [6.07, 6.45) is 4.33. The Bertz CT molecular complexity index is 1060. The highest BCUT2D eigenvalue weighted by molar-refractivity contribution is 7.80. The first-order valence-corrected chi connectivity index (χ1v) is 15.9. The molecule has 4 aliphatic carbocycles. The van der Waals surface area contributed by atoms with Crippen molar-refractivity contribution in [3.8, 4) is 0 Å². The van der Waals surface area contributed by atoms with Gasteiger partial charge in [0.05, 0.1) is 36.1 Å². The van der Waals surface area contributed by atoms with Gasteiger partial charge in [0.2, 0.25) is 0 Å². The van der Waals surface area contributed by atoms with Crippen LogP contribution in [0.2, 0.25) is 0 Å². The van der Waals surface area contributed by atoms with Crippen LogP contribution >= 0.6 is 0 Å². The molecule has 0 saturated heterocycles. The molecule has 4 fully saturated rings. The third kappa shape index (κ3) is 5.26. The first kappa shape index (κ1) is 31.3. The average Bonchev–Trinajstić information content (AvgIpc) is 3.09. The smallest absolute Gasteiger partial charge is 0.393 e. The Labute approximate surface area is 233 Å². The van der Waals surface area contributed by atoms with Crippen LogP contribution in [0.5, 0.6) is 0 Å². The molecule has 0 spiro atoms. The summed E-state index contributed by atoms with van der Waals surface area (Å²) in [5, 5.41) is 55.6. The predicted molar refractivity (Wildman–Crippen MR) is 146 cm³/mol. The van der Waals surface area contributed by atoms with Gasteiger partial charge >= 0.3 is 10.4 Å². The van der Waals surface area contributed by atoms with Crippen LogP contribution in [-0.2, 0) is 14.6 Å². The third-order valence-corrected chi connectivity index (χ3v) is 12.6. The Morgan fingerprint density at radius 1 is 1.13 bits per heavy atom. The van der Waals surface area contributed by atoms with E-state index in [2.05, 4.69) is 31.0 Å². The van der Waals surface area contributed by atoms with Gasteiger partial charge in [0, 0.05) is 17.8 Å². The molecule has 0 aromatic rings. The summed E-state index contributed by atoms with van der Waals surface area (Å²) < 4.78 is 35.4. The van der Waals surface area contributed by atoms with E-state index < -0.39 is 57.9 Å². The minimum atomic E-state index is -4.67. The van der Waals surface area contributed by atoms with E-state index in [1.165, 1.54) is 6.92 Å². The van der Waals surface area contributed by atoms with Gasteiger partial charge in [0.15, 0.2) is 0 Å². The predicted octanol–water partition coefficient (Wildman–Crippen LogP) is 2.85. The van der Waals surface area contributed by atoms with Gasteiger partial charge in [-0.05, 0) is 87.4 Å². The van der Waals surface area contributed by atoms with Gasteiger partial charge < -0.3 is 25.5 Å². The van der Waals surface area contributed by atoms with Crippen molar-refractivity contribution in [2.75, 3.05) is 6.61 Å². The molecule has 0 radical (unpaired) electrons. The molecule has 0 heterocycles. The van der Waals surface area contributed by atoms with Gasteiger partial charge in [0.1, 0.15) is 0 Å². The molecular formula is C29H50O9S. The molecule has 0 amide bonds. The van der Waals surface area contributed by atoms with Gasteiger partial charge in [-0.15, -0.1) is 0 Å². The van der Waals surface area contributed by atoms with Crippen LogP contribution in [0.1, 0.15) is 86.5 Å². The molecule has 39 heavy (non-hydrogen) atoms. The molecule has 0 aliphatic heterocycles. The molecule has 6 N–H and O–H groups in total. The third-order valence-electron chi connectivity index (χ3n) is 12.2. The topological polar surface area (TPSA) is 165 Å². The minimum absolute atomic E-state index is 0.0102. The summed E-state index contributed by atoms with van der Waals surface area (Å²) in [4.78, 5) is 0. The Hall–Kier alpha value is -0.590. The Morgan fingerprint density at radius 2 is 1.77 bits per heavy atom. The van der Waals surface area contributed by atoms with Gasteiger partial charge in [0.25, 0.3) is 0 Å². The number of hydrogen-bond donors (Lipinski definition) is 6. The fourth-order valence-corrected chi connectivity index (χ4v) is 10.1. The number of hydrogen-bond acceptors (Lipinski definition) is 8. The molecule has 4 saturated carbocycles. The van der Waals surface area contributed by atoms with Crippen LogP contribution in [0, 0.1) is 46.3 Å². The highest BCUT2D eigenvalue weighted by Crippen LogP contribution is 2.69. The second-order valence-corrected chi connectivity index (χ2v) is 15.4. The maximum Gasteiger partial charge on any atom is 0.397 e. The Balaban J connectivity index is 1.56. The second kappa shape index (κ2) is 10.3. The number of fused-ring (bicyclic) bond motifs is 5. The van der Waals surface area contributed by atoms with Crippen molar-refractivity contribution in [1.29, 1.82) is 0 Å². The van der Waals surface area contributed by atoms with Crippen LogP contribution in [0.4, 0.5) is 0 Å². The molecule has 13 atom stereocenters. The summed E-state index contributed by atoms with van der Waals surface area (Å²) in [5.74, 6) is 0.0182. The lowest BCUT2D eigenvalue weighted by molar-refractivity contribution is -0.268. The zero-order valence-corrected chi connectivity index (χ0v) is 25.1. The molecule has 9 nitrogen and oxygen atoms in total. The standard InChI is InChI=1S/C29H50O9S/c1-16(18(3)28(6,33)15-38-39(35,36)37)11-17(2)22-13-23(31)25-20-12-24(32)29(34)14-19(30)7-10-27(29,5)21(20)8-9-26(22,25)4/h11,17-25,30-34H,7-10,12-15H2,1-6H3,(H,35,36,37)/b16-11+/t17-,18+,19?,20-,21+,22-,23?,24?,25-,26-,27-,28?,29?/m1/s1. The van der Waals surface area contributed by atoms with Crippen molar-refractivity contribution < 1.29 is 42.7 Å². The normalized spacial score (nSPS) is 47.9. The summed E-state index contributed by atoms with van der Waals surface area (Å²) in [6.45, 7) is 11.0. The second-order valence-electron chi connectivity index (χ2n) is 14.3. The van der Waals surface area contributed by atoms with Crippen LogP contribution in [0.3, 0.4) is 0 Å². The summed E-state index contributed by atoms with van der Waals surface area (Å²) in [7, 11) is -4.67. The monoisotopic (exact) mass is 574 g/mol. The lowest BCUT2D eigenvalue weighted by atomic mass is 9.42. The van der Waals surface area contributed by atoms with E-state index in [-0.39, 0.29) is 41.4 Å². The minimum Gasteiger partial charge on any atom is -0.393 e. The van der Waals surface area contributed by atoms with Crippen molar-refractivity contribution in [3.63, 3.8) is 0 Å². The molecule has 4 aliphatic rings. The number of aliphatic hydroxyl groups excluding tert-OH is 3. The lowest BCUT2D eigenvalue weighted by Crippen LogP contribution is -2.69. The Morgan fingerprint density at radius 3 is 2.38 bits per heavy atom. The van der Waals surface area contributed by atoms with Crippen LogP contribution < -0.4 is 0 Å². The Kier molecular flexibility index (Phi) is 8.27. The molecule has 226 valence electrons. The SMILES string of the molecule is C/C(=C\[C@@H](C)[C@H]1CC(O)[C@H]2[C@@H]3CC(O)C4(O)CC(O)CC[C@]4(C)[C@H]3CC[C@]12C)[C@H](C)C(C)(O)COS(=O)(=O)O. The molecule has 10 heteroatoms. The van der Waals surface area contributed by atoms with E-state index >= 15 is 0 Å². The van der Waals surface area contributed by atoms with Gasteiger partial charge in [-0.1, -0.05) is 39.3 Å². The summed E-state index contributed by atoms with van der Waals surface area (Å²) in [5.41, 5.74) is -2.65. The zero-order chi connectivity index (χ0) is 29.3. The molecular weight excluding hydrogens is 524 g/mol. The molecule has 0 bridgehead atoms. The fourth-order valence-electron chi connectivity index (χ4n) is 9.67. The fraction of sp³-hybridized carbons (Fsp3) is 0.931. The number of aliphatic hydroxyl groups is 5. The number of rotatable bonds is 7. The van der Waals surface area contributed by atoms with Crippen molar-refractivity contribution >= 4 is 10.4 Å². The largest absolute Gasteiger partial charge is 0.397 e. The van der Waals surface area contributed by atoms with E-state index in [0.717, 1.165) is 18.4 Å². The highest BCUT2D eigenvalue weighted by atomic mass is 32.3. The summed E-state index contributed by atoms with van der Waals surface area (Å²) >= 11 is 0. The van der Waals surface area contributed by atoms with Gasteiger partial charge in [-0.3, -0.25) is 4.55 Å². The van der Waals surface area contributed by atoms with Crippen LogP contribution in [0.15, 0.2) is 11.6 Å². The summed E-state index contributed by atoms with van der Waals surface area (Å²) in [6, 6.07) is 0. The van der Waals surface area contributed by atoms with Gasteiger partial charge in [-0.25, -0.2) is 4.18 Å². The maximum atomic E-state index is 11.7. The molecule has 4 rings (SSSR count). The first-order valence-electron chi connectivity index (χ1n) is 14.6. The van der Waals surface area contributed by atoms with Crippen LogP contribution in [-0.4, -0.2) is 74.6 Å². The van der Waals surface area contributed by atoms with E-state index in [0.29, 0.717) is 25.7 Å². The van der Waals surface area contributed by atoms with Crippen molar-refractivity contribution in [2.24, 2.45) is 46.3 Å². The molecule has 5 unspecified atom stereocenters. The molecule has 0 aromatic carbocycles. The maximum absolute atomic E-state index is 11.7. The number of allylic oxidation sites excluding steroid dienone is 1. The molecule has 0 aromatic heterocycles. The first-order chi connectivity index (χ1) is 17.8. The van der Waals surface area contributed by atoms with Crippen LogP contribution in [0.25, 0.3) is 0 Å². The average molecular weight is 575 g/mol. The highest BCUT2D eigenvalue weighted by Gasteiger charge is 2.68. The van der Waals surface area contributed by atoms with Crippen molar-refractivity contribution in [3.05, 3.63) is 11.6 Å². The van der Waals surface area contributed by atoms with E-state index in [9.17, 15) is 34.0 Å². The van der Waals surface area contributed by atoms with E-state index in [1.54, 1.807) is 6.92 Å². The quantitative estimate of drug-likeness (QED) is 0.198. The van der Waals surface area contributed by atoms with Crippen molar-refractivity contribution in [2.45, 2.75) is 116 Å². The lowest BCUT2D eigenvalue weighted by Gasteiger charge is -2.65. The van der Waals surface area contributed by atoms with Gasteiger partial charge in [-0.2, -0.15) is 8.42 Å². The van der Waals surface area contributed by atoms with E-state index in [1.807, 2.05) is 6.92 Å². The zero-order valence-electron chi connectivity index (χ0n) is 24.2. The van der Waals surface area contributed by atoms with Crippen molar-refractivity contribution in [1.82, 2.24) is 0 Å². The van der Waals surface area contributed by atoms with E-state index in [4.69, 9.17) is 4.55 Å².